The summed E-state index contributed by atoms with van der Waals surface area (Å²) in [7, 11) is 2.18. The Kier molecular flexibility index (Phi) is 4.56. The van der Waals surface area contributed by atoms with Crippen molar-refractivity contribution < 1.29 is 0 Å². The molecule has 0 aliphatic heterocycles. The molecule has 112 valence electrons. The van der Waals surface area contributed by atoms with Gasteiger partial charge in [-0.25, -0.2) is 4.98 Å². The first-order chi connectivity index (χ1) is 10.3. The number of aromatic nitrogens is 1. The van der Waals surface area contributed by atoms with Gasteiger partial charge in [-0.15, -0.1) is 0 Å². The Bertz CT molecular complexity index is 573. The third-order valence-electron chi connectivity index (χ3n) is 4.34. The zero-order valence-electron chi connectivity index (χ0n) is 12.6. The lowest BCUT2D eigenvalue weighted by Crippen LogP contribution is -2.33. The highest BCUT2D eigenvalue weighted by Gasteiger charge is 2.22. The van der Waals surface area contributed by atoms with Crippen molar-refractivity contribution in [2.75, 3.05) is 11.9 Å². The second kappa shape index (κ2) is 6.58. The lowest BCUT2D eigenvalue weighted by Gasteiger charge is -2.30. The second-order valence-electron chi connectivity index (χ2n) is 5.74. The molecule has 0 spiro atoms. The average molecular weight is 301 g/mol. The average Bonchev–Trinajstić information content (AvgIpc) is 3.00. The fourth-order valence-electron chi connectivity index (χ4n) is 3.07. The van der Waals surface area contributed by atoms with Crippen LogP contribution in [0.5, 0.6) is 0 Å². The SMILES string of the molecule is CN(c1nc(-c2ccccc2)c(CN)s1)C1CCCCC1. The molecule has 3 rings (SSSR count). The number of nitrogens with zero attached hydrogens (tertiary/aromatic N) is 2. The van der Waals surface area contributed by atoms with Gasteiger partial charge in [0.05, 0.1) is 5.69 Å². The quantitative estimate of drug-likeness (QED) is 0.926. The van der Waals surface area contributed by atoms with Crippen LogP contribution in [-0.4, -0.2) is 18.1 Å². The van der Waals surface area contributed by atoms with Gasteiger partial charge in [-0.05, 0) is 12.8 Å². The van der Waals surface area contributed by atoms with E-state index in [1.54, 1.807) is 11.3 Å². The molecule has 0 saturated heterocycles. The zero-order chi connectivity index (χ0) is 14.7. The molecular weight excluding hydrogens is 278 g/mol. The van der Waals surface area contributed by atoms with Crippen LogP contribution in [-0.2, 0) is 6.54 Å². The molecule has 1 aromatic carbocycles. The van der Waals surface area contributed by atoms with Crippen LogP contribution in [0.15, 0.2) is 30.3 Å². The summed E-state index contributed by atoms with van der Waals surface area (Å²) in [5.74, 6) is 0. The van der Waals surface area contributed by atoms with Crippen molar-refractivity contribution in [3.05, 3.63) is 35.2 Å². The molecule has 0 bridgehead atoms. The molecule has 1 aliphatic carbocycles. The Morgan fingerprint density at radius 3 is 2.57 bits per heavy atom. The maximum Gasteiger partial charge on any atom is 0.186 e. The molecule has 1 saturated carbocycles. The number of anilines is 1. The van der Waals surface area contributed by atoms with Crippen molar-refractivity contribution in [1.29, 1.82) is 0 Å². The first-order valence-corrected chi connectivity index (χ1v) is 8.59. The van der Waals surface area contributed by atoms with Gasteiger partial charge in [0.1, 0.15) is 0 Å². The van der Waals surface area contributed by atoms with E-state index in [-0.39, 0.29) is 0 Å². The van der Waals surface area contributed by atoms with Crippen molar-refractivity contribution in [2.45, 2.75) is 44.7 Å². The molecule has 0 amide bonds. The number of hydrogen-bond donors (Lipinski definition) is 1. The van der Waals surface area contributed by atoms with Crippen molar-refractivity contribution in [3.8, 4) is 11.3 Å². The van der Waals surface area contributed by atoms with Crippen LogP contribution in [0.2, 0.25) is 0 Å². The zero-order valence-corrected chi connectivity index (χ0v) is 13.4. The standard InChI is InChI=1S/C17H23N3S/c1-20(14-10-6-3-7-11-14)17-19-16(15(12-18)21-17)13-8-4-2-5-9-13/h2,4-5,8-9,14H,3,6-7,10-12,18H2,1H3. The van der Waals surface area contributed by atoms with Gasteiger partial charge in [-0.2, -0.15) is 0 Å². The molecular formula is C17H23N3S. The highest BCUT2D eigenvalue weighted by Crippen LogP contribution is 2.35. The minimum Gasteiger partial charge on any atom is -0.348 e. The van der Waals surface area contributed by atoms with E-state index < -0.39 is 0 Å². The molecule has 0 radical (unpaired) electrons. The van der Waals surface area contributed by atoms with E-state index in [0.717, 1.165) is 16.4 Å². The molecule has 1 fully saturated rings. The molecule has 1 heterocycles. The van der Waals surface area contributed by atoms with Crippen LogP contribution in [0, 0.1) is 0 Å². The van der Waals surface area contributed by atoms with E-state index in [1.807, 2.05) is 6.07 Å². The van der Waals surface area contributed by atoms with Gasteiger partial charge in [0.2, 0.25) is 0 Å². The van der Waals surface area contributed by atoms with Crippen molar-refractivity contribution in [1.82, 2.24) is 4.98 Å². The molecule has 0 atom stereocenters. The van der Waals surface area contributed by atoms with E-state index in [4.69, 9.17) is 10.7 Å². The maximum atomic E-state index is 5.93. The monoisotopic (exact) mass is 301 g/mol. The lowest BCUT2D eigenvalue weighted by atomic mass is 9.95. The Morgan fingerprint density at radius 1 is 1.19 bits per heavy atom. The first kappa shape index (κ1) is 14.5. The second-order valence-corrected chi connectivity index (χ2v) is 6.80. The van der Waals surface area contributed by atoms with Gasteiger partial charge >= 0.3 is 0 Å². The molecule has 1 aromatic heterocycles. The van der Waals surface area contributed by atoms with E-state index in [0.29, 0.717) is 12.6 Å². The number of hydrogen-bond acceptors (Lipinski definition) is 4. The predicted octanol–water partition coefficient (Wildman–Crippen LogP) is 4.04. The van der Waals surface area contributed by atoms with E-state index in [9.17, 15) is 0 Å². The summed E-state index contributed by atoms with van der Waals surface area (Å²) in [4.78, 5) is 8.44. The third kappa shape index (κ3) is 3.11. The van der Waals surface area contributed by atoms with Gasteiger partial charge in [-0.3, -0.25) is 0 Å². The number of benzene rings is 1. The van der Waals surface area contributed by atoms with Crippen molar-refractivity contribution in [2.24, 2.45) is 5.73 Å². The van der Waals surface area contributed by atoms with Crippen LogP contribution in [0.3, 0.4) is 0 Å². The summed E-state index contributed by atoms with van der Waals surface area (Å²) in [5, 5.41) is 1.11. The lowest BCUT2D eigenvalue weighted by molar-refractivity contribution is 0.427. The fraction of sp³-hybridized carbons (Fsp3) is 0.471. The molecule has 4 heteroatoms. The smallest absolute Gasteiger partial charge is 0.186 e. The van der Waals surface area contributed by atoms with Gasteiger partial charge < -0.3 is 10.6 Å². The van der Waals surface area contributed by atoms with Crippen LogP contribution in [0.1, 0.15) is 37.0 Å². The van der Waals surface area contributed by atoms with Gasteiger partial charge in [0.25, 0.3) is 0 Å². The molecule has 0 unspecified atom stereocenters. The first-order valence-electron chi connectivity index (χ1n) is 7.77. The Balaban J connectivity index is 1.88. The van der Waals surface area contributed by atoms with Gasteiger partial charge in [-0.1, -0.05) is 60.9 Å². The predicted molar refractivity (Wildman–Crippen MR) is 90.7 cm³/mol. The van der Waals surface area contributed by atoms with Crippen LogP contribution >= 0.6 is 11.3 Å². The number of rotatable bonds is 4. The minimum atomic E-state index is 0.556. The van der Waals surface area contributed by atoms with Gasteiger partial charge in [0, 0.05) is 30.1 Å². The summed E-state index contributed by atoms with van der Waals surface area (Å²) in [6.07, 6.45) is 6.64. The highest BCUT2D eigenvalue weighted by atomic mass is 32.1. The Labute approximate surface area is 130 Å². The maximum absolute atomic E-state index is 5.93. The molecule has 2 aromatic rings. The fourth-order valence-corrected chi connectivity index (χ4v) is 4.07. The summed E-state index contributed by atoms with van der Waals surface area (Å²) in [5.41, 5.74) is 8.15. The van der Waals surface area contributed by atoms with Crippen LogP contribution in [0.4, 0.5) is 5.13 Å². The van der Waals surface area contributed by atoms with E-state index >= 15 is 0 Å². The molecule has 21 heavy (non-hydrogen) atoms. The summed E-state index contributed by atoms with van der Waals surface area (Å²) >= 11 is 1.75. The normalized spacial score (nSPS) is 16.1. The van der Waals surface area contributed by atoms with E-state index in [2.05, 4.69) is 36.2 Å². The summed E-state index contributed by atoms with van der Waals surface area (Å²) in [6, 6.07) is 11.0. The van der Waals surface area contributed by atoms with Crippen molar-refractivity contribution in [3.63, 3.8) is 0 Å². The van der Waals surface area contributed by atoms with E-state index in [1.165, 1.54) is 37.0 Å². The molecule has 1 aliphatic rings. The number of thiazole rings is 1. The van der Waals surface area contributed by atoms with Crippen LogP contribution < -0.4 is 10.6 Å². The largest absolute Gasteiger partial charge is 0.348 e. The molecule has 2 N–H and O–H groups in total. The van der Waals surface area contributed by atoms with Gasteiger partial charge in [0.15, 0.2) is 5.13 Å². The Morgan fingerprint density at radius 2 is 1.90 bits per heavy atom. The number of nitrogens with two attached hydrogens (primary N) is 1. The Hall–Kier alpha value is -1.39. The topological polar surface area (TPSA) is 42.2 Å². The highest BCUT2D eigenvalue weighted by molar-refractivity contribution is 7.16. The third-order valence-corrected chi connectivity index (χ3v) is 5.51. The van der Waals surface area contributed by atoms with Crippen LogP contribution in [0.25, 0.3) is 11.3 Å². The summed E-state index contributed by atoms with van der Waals surface area (Å²) in [6.45, 7) is 0.556. The minimum absolute atomic E-state index is 0.556. The van der Waals surface area contributed by atoms with Crippen molar-refractivity contribution >= 4 is 16.5 Å². The molecule has 3 nitrogen and oxygen atoms in total. The summed E-state index contributed by atoms with van der Waals surface area (Å²) < 4.78 is 0.